The lowest BCUT2D eigenvalue weighted by molar-refractivity contribution is 0.0549. The van der Waals surface area contributed by atoms with Crippen LogP contribution in [-0.2, 0) is 0 Å². The fourth-order valence-corrected chi connectivity index (χ4v) is 3.43. The highest BCUT2D eigenvalue weighted by Gasteiger charge is 2.34. The zero-order chi connectivity index (χ0) is 11.7. The monoisotopic (exact) mass is 230 g/mol. The van der Waals surface area contributed by atoms with Gasteiger partial charge in [0.05, 0.1) is 0 Å². The van der Waals surface area contributed by atoms with Crippen LogP contribution in [0.2, 0.25) is 0 Å². The molecule has 2 bridgehead atoms. The van der Waals surface area contributed by atoms with Crippen molar-refractivity contribution in [1.82, 2.24) is 4.90 Å². The average Bonchev–Trinajstić information content (AvgIpc) is 2.41. The molecule has 0 saturated carbocycles. The number of piperidine rings is 3. The molecule has 3 aliphatic heterocycles. The molecule has 1 atom stereocenters. The van der Waals surface area contributed by atoms with Crippen LogP contribution >= 0.6 is 0 Å². The number of hydrogen-bond acceptors (Lipinski definition) is 2. The molecule has 2 heteroatoms. The summed E-state index contributed by atoms with van der Waals surface area (Å²) in [5.74, 6) is 1.86. The second-order valence-electron chi connectivity index (χ2n) is 5.61. The van der Waals surface area contributed by atoms with Gasteiger partial charge in [0.25, 0.3) is 0 Å². The van der Waals surface area contributed by atoms with Gasteiger partial charge in [-0.25, -0.2) is 0 Å². The smallest absolute Gasteiger partial charge is 0.0363 e. The van der Waals surface area contributed by atoms with E-state index in [1.54, 1.807) is 0 Å². The van der Waals surface area contributed by atoms with Crippen molar-refractivity contribution in [1.29, 1.82) is 0 Å². The summed E-state index contributed by atoms with van der Waals surface area (Å²) in [5.41, 5.74) is 1.35. The third-order valence-corrected chi connectivity index (χ3v) is 4.50. The molecular weight excluding hydrogens is 208 g/mol. The zero-order valence-corrected chi connectivity index (χ0v) is 10.7. The summed E-state index contributed by atoms with van der Waals surface area (Å²) in [6.07, 6.45) is 2.85. The van der Waals surface area contributed by atoms with E-state index in [0.717, 1.165) is 11.8 Å². The van der Waals surface area contributed by atoms with E-state index in [2.05, 4.69) is 47.2 Å². The first-order valence-electron chi connectivity index (χ1n) is 6.81. The first-order valence-corrected chi connectivity index (χ1v) is 6.81. The molecule has 0 radical (unpaired) electrons. The highest BCUT2D eigenvalue weighted by atomic mass is 15.2. The van der Waals surface area contributed by atoms with Crippen molar-refractivity contribution in [3.63, 3.8) is 0 Å². The minimum absolute atomic E-state index is 0.878. The average molecular weight is 230 g/mol. The van der Waals surface area contributed by atoms with Crippen molar-refractivity contribution in [3.8, 4) is 0 Å². The van der Waals surface area contributed by atoms with Crippen molar-refractivity contribution in [2.75, 3.05) is 38.1 Å². The maximum Gasteiger partial charge on any atom is 0.0363 e. The number of anilines is 1. The van der Waals surface area contributed by atoms with E-state index in [-0.39, 0.29) is 0 Å². The Balaban J connectivity index is 1.64. The van der Waals surface area contributed by atoms with E-state index in [1.165, 1.54) is 44.7 Å². The predicted octanol–water partition coefficient (Wildman–Crippen LogP) is 2.46. The Hall–Kier alpha value is -1.02. The number of fused-ring (bicyclic) bond motifs is 3. The first-order chi connectivity index (χ1) is 8.33. The van der Waals surface area contributed by atoms with E-state index in [4.69, 9.17) is 0 Å². The molecule has 17 heavy (non-hydrogen) atoms. The Morgan fingerprint density at radius 3 is 2.47 bits per heavy atom. The highest BCUT2D eigenvalue weighted by Crippen LogP contribution is 2.33. The van der Waals surface area contributed by atoms with Crippen molar-refractivity contribution >= 4 is 5.69 Å². The molecule has 0 N–H and O–H groups in total. The lowest BCUT2D eigenvalue weighted by Gasteiger charge is -2.46. The van der Waals surface area contributed by atoms with Gasteiger partial charge < -0.3 is 9.80 Å². The van der Waals surface area contributed by atoms with Gasteiger partial charge in [-0.2, -0.15) is 0 Å². The molecule has 0 aromatic heterocycles. The van der Waals surface area contributed by atoms with Crippen LogP contribution in [0.5, 0.6) is 0 Å². The lowest BCUT2D eigenvalue weighted by Crippen LogP contribution is -2.50. The normalized spacial score (nSPS) is 31.5. The Bertz CT molecular complexity index is 354. The van der Waals surface area contributed by atoms with E-state index in [9.17, 15) is 0 Å². The topological polar surface area (TPSA) is 6.48 Å². The summed E-state index contributed by atoms with van der Waals surface area (Å²) < 4.78 is 0. The Morgan fingerprint density at radius 1 is 1.18 bits per heavy atom. The largest absolute Gasteiger partial charge is 0.374 e. The van der Waals surface area contributed by atoms with Gasteiger partial charge in [0.2, 0.25) is 0 Å². The van der Waals surface area contributed by atoms with Crippen LogP contribution in [-0.4, -0.2) is 38.1 Å². The fourth-order valence-electron chi connectivity index (χ4n) is 3.43. The molecule has 1 aromatic carbocycles. The highest BCUT2D eigenvalue weighted by molar-refractivity contribution is 5.45. The molecule has 2 nitrogen and oxygen atoms in total. The number of para-hydroxylation sites is 1. The van der Waals surface area contributed by atoms with Crippen molar-refractivity contribution in [2.45, 2.75) is 12.8 Å². The van der Waals surface area contributed by atoms with Gasteiger partial charge in [-0.05, 0) is 49.9 Å². The van der Waals surface area contributed by atoms with Crippen molar-refractivity contribution < 1.29 is 0 Å². The summed E-state index contributed by atoms with van der Waals surface area (Å²) in [6, 6.07) is 10.8. The van der Waals surface area contributed by atoms with E-state index >= 15 is 0 Å². The van der Waals surface area contributed by atoms with Gasteiger partial charge in [0.1, 0.15) is 0 Å². The molecular formula is C15H22N2. The summed E-state index contributed by atoms with van der Waals surface area (Å²) in [6.45, 7) is 5.22. The van der Waals surface area contributed by atoms with Crippen LogP contribution in [0.15, 0.2) is 30.3 Å². The minimum atomic E-state index is 0.878. The molecule has 3 saturated heterocycles. The Kier molecular flexibility index (Phi) is 3.06. The van der Waals surface area contributed by atoms with E-state index < -0.39 is 0 Å². The van der Waals surface area contributed by atoms with E-state index in [1.807, 2.05) is 0 Å². The fraction of sp³-hybridized carbons (Fsp3) is 0.600. The molecule has 92 valence electrons. The molecule has 3 aliphatic rings. The molecule has 0 amide bonds. The summed E-state index contributed by atoms with van der Waals surface area (Å²) in [7, 11) is 2.23. The van der Waals surface area contributed by atoms with Crippen LogP contribution in [0.25, 0.3) is 0 Å². The maximum atomic E-state index is 2.64. The minimum Gasteiger partial charge on any atom is -0.374 e. The Morgan fingerprint density at radius 2 is 1.88 bits per heavy atom. The van der Waals surface area contributed by atoms with Gasteiger partial charge in [-0.1, -0.05) is 18.2 Å². The quantitative estimate of drug-likeness (QED) is 0.787. The van der Waals surface area contributed by atoms with Gasteiger partial charge >= 0.3 is 0 Å². The molecule has 3 fully saturated rings. The number of benzene rings is 1. The second kappa shape index (κ2) is 4.69. The van der Waals surface area contributed by atoms with Crippen LogP contribution in [0.1, 0.15) is 12.8 Å². The zero-order valence-electron chi connectivity index (χ0n) is 10.7. The molecule has 1 unspecified atom stereocenters. The molecule has 3 heterocycles. The van der Waals surface area contributed by atoms with Crippen LogP contribution in [0.4, 0.5) is 5.69 Å². The number of nitrogens with zero attached hydrogens (tertiary/aromatic N) is 2. The molecule has 0 aliphatic carbocycles. The Labute approximate surface area is 104 Å². The van der Waals surface area contributed by atoms with Gasteiger partial charge in [-0.3, -0.25) is 0 Å². The third-order valence-electron chi connectivity index (χ3n) is 4.50. The van der Waals surface area contributed by atoms with Crippen molar-refractivity contribution in [3.05, 3.63) is 30.3 Å². The summed E-state index contributed by atoms with van der Waals surface area (Å²) in [5, 5.41) is 0. The lowest BCUT2D eigenvalue weighted by atomic mass is 9.79. The maximum absolute atomic E-state index is 2.64. The molecule has 1 aromatic rings. The summed E-state index contributed by atoms with van der Waals surface area (Å²) >= 11 is 0. The molecule has 0 spiro atoms. The van der Waals surface area contributed by atoms with Gasteiger partial charge in [0.15, 0.2) is 0 Å². The van der Waals surface area contributed by atoms with Crippen molar-refractivity contribution in [2.24, 2.45) is 11.8 Å². The second-order valence-corrected chi connectivity index (χ2v) is 5.61. The predicted molar refractivity (Wildman–Crippen MR) is 72.4 cm³/mol. The van der Waals surface area contributed by atoms with Gasteiger partial charge in [-0.15, -0.1) is 0 Å². The SMILES string of the molecule is CN(CC1CN2CCC1CC2)c1ccccc1. The summed E-state index contributed by atoms with van der Waals surface area (Å²) in [4.78, 5) is 5.07. The molecule has 4 rings (SSSR count). The number of hydrogen-bond donors (Lipinski definition) is 0. The van der Waals surface area contributed by atoms with Crippen LogP contribution < -0.4 is 4.90 Å². The third kappa shape index (κ3) is 2.32. The van der Waals surface area contributed by atoms with Gasteiger partial charge in [0, 0.05) is 25.8 Å². The first kappa shape index (κ1) is 11.1. The van der Waals surface area contributed by atoms with E-state index in [0.29, 0.717) is 0 Å². The number of rotatable bonds is 3. The van der Waals surface area contributed by atoms with Crippen LogP contribution in [0, 0.1) is 11.8 Å². The standard InChI is InChI=1S/C15H22N2/c1-16(15-5-3-2-4-6-15)11-14-12-17-9-7-13(14)8-10-17/h2-6,13-14H,7-12H2,1H3. The van der Waals surface area contributed by atoms with Crippen LogP contribution in [0.3, 0.4) is 0 Å².